The van der Waals surface area contributed by atoms with Crippen molar-refractivity contribution in [3.63, 3.8) is 0 Å². The normalized spacial score (nSPS) is 14.2. The zero-order valence-electron chi connectivity index (χ0n) is 11.0. The van der Waals surface area contributed by atoms with Gasteiger partial charge < -0.3 is 5.73 Å². The number of nitrogens with one attached hydrogen (secondary N) is 1. The summed E-state index contributed by atoms with van der Waals surface area (Å²) in [6, 6.07) is 7.92. The lowest BCUT2D eigenvalue weighted by Gasteiger charge is -2.21. The maximum absolute atomic E-state index is 12.2. The van der Waals surface area contributed by atoms with Crippen LogP contribution in [0.5, 0.6) is 0 Å². The summed E-state index contributed by atoms with van der Waals surface area (Å²) in [6.07, 6.45) is -5.67. The fourth-order valence-electron chi connectivity index (χ4n) is 1.76. The number of nitrogens with two attached hydrogens (primary N) is 1. The van der Waals surface area contributed by atoms with Crippen LogP contribution in [0, 0.1) is 0 Å². The molecule has 0 bridgehead atoms. The monoisotopic (exact) mass is 310 g/mol. The van der Waals surface area contributed by atoms with E-state index in [-0.39, 0.29) is 24.9 Å². The fourth-order valence-corrected chi connectivity index (χ4v) is 1.76. The van der Waals surface area contributed by atoms with E-state index in [0.717, 1.165) is 5.56 Å². The van der Waals surface area contributed by atoms with Crippen molar-refractivity contribution in [3.8, 4) is 0 Å². The molecule has 3 N–H and O–H groups in total. The van der Waals surface area contributed by atoms with Crippen LogP contribution >= 0.6 is 12.4 Å². The fraction of sp³-hybridized carbons (Fsp3) is 0.462. The van der Waals surface area contributed by atoms with Gasteiger partial charge in [-0.3, -0.25) is 10.1 Å². The van der Waals surface area contributed by atoms with Gasteiger partial charge in [-0.2, -0.15) is 13.2 Å². The molecule has 0 heterocycles. The lowest BCUT2D eigenvalue weighted by Crippen LogP contribution is -2.43. The maximum Gasteiger partial charge on any atom is 0.389 e. The number of carbonyl (C=O) groups excluding carboxylic acids is 1. The zero-order chi connectivity index (χ0) is 14.5. The molecule has 0 radical (unpaired) electrons. The standard InChI is InChI=1S/C13H17F3N2O.ClH/c1-9(10-5-3-2-4-6-10)18-11(12(17)19)7-8-13(14,15)16;/h2-6,9,11,18H,7-8H2,1H3,(H2,17,19);1H/t9-,11?;/m1./s1. The first-order chi connectivity index (χ1) is 8.79. The molecule has 20 heavy (non-hydrogen) atoms. The van der Waals surface area contributed by atoms with Crippen LogP contribution < -0.4 is 11.1 Å². The molecule has 1 aromatic carbocycles. The number of benzene rings is 1. The number of hydrogen-bond acceptors (Lipinski definition) is 2. The molecule has 1 rings (SSSR count). The Morgan fingerprint density at radius 3 is 2.30 bits per heavy atom. The van der Waals surface area contributed by atoms with Crippen LogP contribution in [0.2, 0.25) is 0 Å². The number of rotatable bonds is 6. The lowest BCUT2D eigenvalue weighted by molar-refractivity contribution is -0.138. The molecule has 0 aromatic heterocycles. The Kier molecular flexibility index (Phi) is 7.60. The quantitative estimate of drug-likeness (QED) is 0.849. The molecule has 7 heteroatoms. The number of primary amides is 1. The Balaban J connectivity index is 0.00000361. The second-order valence-corrected chi connectivity index (χ2v) is 4.41. The van der Waals surface area contributed by atoms with Crippen LogP contribution in [-0.4, -0.2) is 18.1 Å². The highest BCUT2D eigenvalue weighted by molar-refractivity contribution is 5.85. The molecule has 1 aromatic rings. The van der Waals surface area contributed by atoms with Gasteiger partial charge in [0.1, 0.15) is 0 Å². The van der Waals surface area contributed by atoms with Crippen molar-refractivity contribution in [2.24, 2.45) is 5.73 Å². The Morgan fingerprint density at radius 2 is 1.85 bits per heavy atom. The predicted molar refractivity (Wildman–Crippen MR) is 73.5 cm³/mol. The molecule has 2 atom stereocenters. The number of halogens is 4. The molecular formula is C13H18ClF3N2O. The SMILES string of the molecule is C[C@@H](NC(CCC(F)(F)F)C(N)=O)c1ccccc1.Cl. The number of carbonyl (C=O) groups is 1. The third-order valence-corrected chi connectivity index (χ3v) is 2.81. The van der Waals surface area contributed by atoms with Gasteiger partial charge in [-0.05, 0) is 18.9 Å². The molecule has 1 unspecified atom stereocenters. The lowest BCUT2D eigenvalue weighted by atomic mass is 10.1. The molecule has 114 valence electrons. The minimum Gasteiger partial charge on any atom is -0.368 e. The average molecular weight is 311 g/mol. The Labute approximate surface area is 122 Å². The van der Waals surface area contributed by atoms with E-state index in [2.05, 4.69) is 5.32 Å². The summed E-state index contributed by atoms with van der Waals surface area (Å²) in [5.41, 5.74) is 6.01. The van der Waals surface area contributed by atoms with Gasteiger partial charge >= 0.3 is 6.18 Å². The highest BCUT2D eigenvalue weighted by Gasteiger charge is 2.30. The topological polar surface area (TPSA) is 55.1 Å². The molecule has 0 saturated heterocycles. The van der Waals surface area contributed by atoms with Crippen molar-refractivity contribution < 1.29 is 18.0 Å². The van der Waals surface area contributed by atoms with E-state index in [1.165, 1.54) is 0 Å². The Bertz CT molecular complexity index is 412. The maximum atomic E-state index is 12.2. The van der Waals surface area contributed by atoms with E-state index in [1.807, 2.05) is 30.3 Å². The molecule has 0 aliphatic carbocycles. The number of hydrogen-bond donors (Lipinski definition) is 2. The van der Waals surface area contributed by atoms with Crippen molar-refractivity contribution in [1.29, 1.82) is 0 Å². The van der Waals surface area contributed by atoms with Crippen molar-refractivity contribution in [1.82, 2.24) is 5.32 Å². The summed E-state index contributed by atoms with van der Waals surface area (Å²) in [5, 5.41) is 2.83. The van der Waals surface area contributed by atoms with Crippen molar-refractivity contribution in [2.45, 2.75) is 38.0 Å². The third kappa shape index (κ3) is 6.77. The molecule has 1 amide bonds. The number of alkyl halides is 3. The first kappa shape index (κ1) is 18.7. The summed E-state index contributed by atoms with van der Waals surface area (Å²) in [5.74, 6) is -0.771. The highest BCUT2D eigenvalue weighted by atomic mass is 35.5. The Morgan fingerprint density at radius 1 is 1.30 bits per heavy atom. The summed E-state index contributed by atoms with van der Waals surface area (Å²) in [7, 11) is 0. The van der Waals surface area contributed by atoms with Crippen LogP contribution in [0.15, 0.2) is 30.3 Å². The summed E-state index contributed by atoms with van der Waals surface area (Å²) >= 11 is 0. The van der Waals surface area contributed by atoms with Crippen LogP contribution in [-0.2, 0) is 4.79 Å². The van der Waals surface area contributed by atoms with E-state index in [9.17, 15) is 18.0 Å². The van der Waals surface area contributed by atoms with Crippen LogP contribution in [0.1, 0.15) is 31.4 Å². The minimum absolute atomic E-state index is 0. The average Bonchev–Trinajstić information content (AvgIpc) is 2.33. The highest BCUT2D eigenvalue weighted by Crippen LogP contribution is 2.23. The van der Waals surface area contributed by atoms with Crippen molar-refractivity contribution in [3.05, 3.63) is 35.9 Å². The van der Waals surface area contributed by atoms with Crippen molar-refractivity contribution >= 4 is 18.3 Å². The summed E-state index contributed by atoms with van der Waals surface area (Å²) < 4.78 is 36.5. The van der Waals surface area contributed by atoms with Crippen molar-refractivity contribution in [2.75, 3.05) is 0 Å². The van der Waals surface area contributed by atoms with Gasteiger partial charge in [-0.1, -0.05) is 30.3 Å². The van der Waals surface area contributed by atoms with E-state index < -0.39 is 24.5 Å². The van der Waals surface area contributed by atoms with E-state index in [1.54, 1.807) is 6.92 Å². The van der Waals surface area contributed by atoms with Crippen LogP contribution in [0.4, 0.5) is 13.2 Å². The molecule has 0 spiro atoms. The molecule has 0 saturated carbocycles. The molecule has 0 aliphatic heterocycles. The van der Waals surface area contributed by atoms with E-state index in [0.29, 0.717) is 0 Å². The number of amides is 1. The second kappa shape index (κ2) is 8.11. The first-order valence-electron chi connectivity index (χ1n) is 5.96. The Hall–Kier alpha value is -1.27. The first-order valence-corrected chi connectivity index (χ1v) is 5.96. The third-order valence-electron chi connectivity index (χ3n) is 2.81. The molecular weight excluding hydrogens is 293 g/mol. The summed E-state index contributed by atoms with van der Waals surface area (Å²) in [4.78, 5) is 11.2. The van der Waals surface area contributed by atoms with E-state index >= 15 is 0 Å². The van der Waals surface area contributed by atoms with Gasteiger partial charge in [0.25, 0.3) is 0 Å². The van der Waals surface area contributed by atoms with Gasteiger partial charge in [-0.25, -0.2) is 0 Å². The van der Waals surface area contributed by atoms with Crippen LogP contribution in [0.25, 0.3) is 0 Å². The van der Waals surface area contributed by atoms with Gasteiger partial charge in [0.05, 0.1) is 6.04 Å². The summed E-state index contributed by atoms with van der Waals surface area (Å²) in [6.45, 7) is 1.78. The predicted octanol–water partition coefficient (Wildman–Crippen LogP) is 2.96. The van der Waals surface area contributed by atoms with Gasteiger partial charge in [0.2, 0.25) is 5.91 Å². The smallest absolute Gasteiger partial charge is 0.368 e. The van der Waals surface area contributed by atoms with Gasteiger partial charge in [-0.15, -0.1) is 12.4 Å². The van der Waals surface area contributed by atoms with Gasteiger partial charge in [0.15, 0.2) is 0 Å². The largest absolute Gasteiger partial charge is 0.389 e. The molecule has 0 fully saturated rings. The van der Waals surface area contributed by atoms with Gasteiger partial charge in [0, 0.05) is 12.5 Å². The molecule has 0 aliphatic rings. The van der Waals surface area contributed by atoms with Crippen LogP contribution in [0.3, 0.4) is 0 Å². The zero-order valence-corrected chi connectivity index (χ0v) is 11.8. The van der Waals surface area contributed by atoms with E-state index in [4.69, 9.17) is 5.73 Å². The molecule has 3 nitrogen and oxygen atoms in total. The minimum atomic E-state index is -4.29. The second-order valence-electron chi connectivity index (χ2n) is 4.41.